The normalized spacial score (nSPS) is 10.2. The van der Waals surface area contributed by atoms with E-state index in [1.807, 2.05) is 19.9 Å². The zero-order chi connectivity index (χ0) is 18.2. The van der Waals surface area contributed by atoms with Crippen molar-refractivity contribution in [3.8, 4) is 0 Å². The number of esters is 1. The molecule has 1 aromatic heterocycles. The predicted molar refractivity (Wildman–Crippen MR) is 90.2 cm³/mol. The van der Waals surface area contributed by atoms with Gasteiger partial charge in [-0.25, -0.2) is 14.6 Å². The van der Waals surface area contributed by atoms with Gasteiger partial charge in [0.2, 0.25) is 0 Å². The van der Waals surface area contributed by atoms with Crippen LogP contribution in [0, 0.1) is 5.92 Å². The van der Waals surface area contributed by atoms with E-state index in [2.05, 4.69) is 15.0 Å². The Labute approximate surface area is 145 Å². The Bertz CT molecular complexity index is 742. The molecular weight excluding hydrogens is 324 g/mol. The maximum absolute atomic E-state index is 12.0. The Balaban J connectivity index is 1.92. The summed E-state index contributed by atoms with van der Waals surface area (Å²) in [5, 5.41) is 2.60. The quantitative estimate of drug-likeness (QED) is 0.662. The van der Waals surface area contributed by atoms with Crippen molar-refractivity contribution in [3.63, 3.8) is 0 Å². The number of nitrogens with one attached hydrogen (secondary N) is 1. The summed E-state index contributed by atoms with van der Waals surface area (Å²) in [6.07, 6.45) is 0.152. The molecule has 1 aromatic carbocycles. The molecule has 7 nitrogen and oxygen atoms in total. The Morgan fingerprint density at radius 2 is 1.76 bits per heavy atom. The lowest BCUT2D eigenvalue weighted by Crippen LogP contribution is -2.17. The van der Waals surface area contributed by atoms with Gasteiger partial charge in [0, 0.05) is 11.8 Å². The van der Waals surface area contributed by atoms with Crippen molar-refractivity contribution in [1.82, 2.24) is 4.98 Å². The summed E-state index contributed by atoms with van der Waals surface area (Å²) in [5.74, 6) is -0.785. The molecule has 1 amide bonds. The van der Waals surface area contributed by atoms with Gasteiger partial charge >= 0.3 is 12.1 Å². The molecule has 130 valence electrons. The fourth-order valence-electron chi connectivity index (χ4n) is 1.77. The van der Waals surface area contributed by atoms with Crippen LogP contribution < -0.4 is 5.32 Å². The molecule has 0 spiro atoms. The number of rotatable bonds is 5. The van der Waals surface area contributed by atoms with E-state index in [0.717, 1.165) is 0 Å². The summed E-state index contributed by atoms with van der Waals surface area (Å²) in [5.41, 5.74) is 0.555. The first kappa shape index (κ1) is 18.1. The lowest BCUT2D eigenvalue weighted by Gasteiger charge is -2.07. The minimum Gasteiger partial charge on any atom is -0.434 e. The number of amides is 1. The van der Waals surface area contributed by atoms with E-state index in [4.69, 9.17) is 4.74 Å². The second kappa shape index (κ2) is 8.58. The monoisotopic (exact) mass is 342 g/mol. The molecule has 0 saturated heterocycles. The molecule has 0 saturated carbocycles. The average Bonchev–Trinajstić information content (AvgIpc) is 2.61. The SMILES string of the molecule is CC(C)COC(=O)OC(=O)c1ccc(NC(=O)c2ccccc2)nc1. The summed E-state index contributed by atoms with van der Waals surface area (Å²) in [7, 11) is 0. The van der Waals surface area contributed by atoms with Crippen molar-refractivity contribution in [2.45, 2.75) is 13.8 Å². The van der Waals surface area contributed by atoms with Gasteiger partial charge in [-0.15, -0.1) is 0 Å². The van der Waals surface area contributed by atoms with E-state index >= 15 is 0 Å². The molecular formula is C18H18N2O5. The smallest absolute Gasteiger partial charge is 0.434 e. The van der Waals surface area contributed by atoms with Crippen LogP contribution in [0.4, 0.5) is 10.6 Å². The molecule has 0 atom stereocenters. The van der Waals surface area contributed by atoms with Crippen molar-refractivity contribution >= 4 is 23.8 Å². The van der Waals surface area contributed by atoms with Crippen molar-refractivity contribution in [3.05, 3.63) is 59.8 Å². The third-order valence-corrected chi connectivity index (χ3v) is 2.99. The number of aromatic nitrogens is 1. The topological polar surface area (TPSA) is 94.6 Å². The van der Waals surface area contributed by atoms with Gasteiger partial charge in [-0.3, -0.25) is 4.79 Å². The minimum absolute atomic E-state index is 0.0687. The van der Waals surface area contributed by atoms with Gasteiger partial charge in [0.1, 0.15) is 5.82 Å². The summed E-state index contributed by atoms with van der Waals surface area (Å²) in [6, 6.07) is 11.5. The van der Waals surface area contributed by atoms with Gasteiger partial charge < -0.3 is 14.8 Å². The van der Waals surface area contributed by atoms with E-state index in [1.54, 1.807) is 24.3 Å². The number of benzene rings is 1. The molecule has 0 aliphatic rings. The van der Waals surface area contributed by atoms with Gasteiger partial charge in [0.15, 0.2) is 0 Å². The van der Waals surface area contributed by atoms with Crippen molar-refractivity contribution in [1.29, 1.82) is 0 Å². The zero-order valence-electron chi connectivity index (χ0n) is 13.9. The Kier molecular flexibility index (Phi) is 6.22. The number of carbonyl (C=O) groups excluding carboxylic acids is 3. The summed E-state index contributed by atoms with van der Waals surface area (Å²) >= 11 is 0. The average molecular weight is 342 g/mol. The summed E-state index contributed by atoms with van der Waals surface area (Å²) in [4.78, 5) is 39.1. The maximum Gasteiger partial charge on any atom is 0.516 e. The molecule has 1 heterocycles. The Morgan fingerprint density at radius 1 is 1.04 bits per heavy atom. The number of pyridine rings is 1. The van der Waals surface area contributed by atoms with Crippen LogP contribution in [0.25, 0.3) is 0 Å². The standard InChI is InChI=1S/C18H18N2O5/c1-12(2)11-24-18(23)25-17(22)14-8-9-15(19-10-14)20-16(21)13-6-4-3-5-7-13/h3-10,12H,11H2,1-2H3,(H,19,20,21). The van der Waals surface area contributed by atoms with E-state index in [-0.39, 0.29) is 29.8 Å². The highest BCUT2D eigenvalue weighted by molar-refractivity contribution is 6.04. The second-order valence-corrected chi connectivity index (χ2v) is 5.60. The second-order valence-electron chi connectivity index (χ2n) is 5.60. The fourth-order valence-corrected chi connectivity index (χ4v) is 1.77. The van der Waals surface area contributed by atoms with Crippen LogP contribution >= 0.6 is 0 Å². The third kappa shape index (κ3) is 5.72. The number of hydrogen-bond donors (Lipinski definition) is 1. The number of nitrogens with zero attached hydrogens (tertiary/aromatic N) is 1. The Hall–Kier alpha value is -3.22. The van der Waals surface area contributed by atoms with Crippen LogP contribution in [0.5, 0.6) is 0 Å². The molecule has 0 radical (unpaired) electrons. The third-order valence-electron chi connectivity index (χ3n) is 2.99. The van der Waals surface area contributed by atoms with Crippen molar-refractivity contribution < 1.29 is 23.9 Å². The number of hydrogen-bond acceptors (Lipinski definition) is 6. The van der Waals surface area contributed by atoms with Crippen LogP contribution in [0.2, 0.25) is 0 Å². The van der Waals surface area contributed by atoms with Gasteiger partial charge in [-0.2, -0.15) is 0 Å². The molecule has 0 unspecified atom stereocenters. The fraction of sp³-hybridized carbons (Fsp3) is 0.222. The number of carbonyl (C=O) groups is 3. The molecule has 1 N–H and O–H groups in total. The van der Waals surface area contributed by atoms with Crippen molar-refractivity contribution in [2.24, 2.45) is 5.92 Å². The molecule has 0 aliphatic heterocycles. The first-order valence-electron chi connectivity index (χ1n) is 7.67. The van der Waals surface area contributed by atoms with Gasteiger partial charge in [-0.05, 0) is 30.2 Å². The minimum atomic E-state index is -1.06. The molecule has 0 bridgehead atoms. The van der Waals surface area contributed by atoms with E-state index < -0.39 is 12.1 Å². The highest BCUT2D eigenvalue weighted by Gasteiger charge is 2.15. The first-order valence-corrected chi connectivity index (χ1v) is 7.67. The first-order chi connectivity index (χ1) is 12.0. The van der Waals surface area contributed by atoms with E-state index in [1.165, 1.54) is 18.3 Å². The van der Waals surface area contributed by atoms with Gasteiger partial charge in [0.25, 0.3) is 5.91 Å². The number of anilines is 1. The number of ether oxygens (including phenoxy) is 2. The van der Waals surface area contributed by atoms with E-state index in [9.17, 15) is 14.4 Å². The zero-order valence-corrected chi connectivity index (χ0v) is 13.9. The molecule has 0 aliphatic carbocycles. The molecule has 0 fully saturated rings. The highest BCUT2D eigenvalue weighted by atomic mass is 16.7. The van der Waals surface area contributed by atoms with Gasteiger partial charge in [0.05, 0.1) is 12.2 Å². The van der Waals surface area contributed by atoms with Crippen molar-refractivity contribution in [2.75, 3.05) is 11.9 Å². The van der Waals surface area contributed by atoms with Gasteiger partial charge in [-0.1, -0.05) is 32.0 Å². The predicted octanol–water partition coefficient (Wildman–Crippen LogP) is 3.28. The largest absolute Gasteiger partial charge is 0.516 e. The molecule has 7 heteroatoms. The summed E-state index contributed by atoms with van der Waals surface area (Å²) < 4.78 is 9.31. The molecule has 25 heavy (non-hydrogen) atoms. The van der Waals surface area contributed by atoms with Crippen LogP contribution in [-0.4, -0.2) is 29.6 Å². The van der Waals surface area contributed by atoms with Crippen LogP contribution in [0.1, 0.15) is 34.6 Å². The van der Waals surface area contributed by atoms with E-state index in [0.29, 0.717) is 5.56 Å². The lowest BCUT2D eigenvalue weighted by atomic mass is 10.2. The summed E-state index contributed by atoms with van der Waals surface area (Å²) in [6.45, 7) is 3.89. The van der Waals surface area contributed by atoms with Crippen LogP contribution in [-0.2, 0) is 9.47 Å². The molecule has 2 aromatic rings. The Morgan fingerprint density at radius 3 is 2.36 bits per heavy atom. The lowest BCUT2D eigenvalue weighted by molar-refractivity contribution is 0.0350. The molecule has 2 rings (SSSR count). The van der Waals surface area contributed by atoms with Crippen LogP contribution in [0.3, 0.4) is 0 Å². The maximum atomic E-state index is 12.0. The van der Waals surface area contributed by atoms with Crippen LogP contribution in [0.15, 0.2) is 48.7 Å². The highest BCUT2D eigenvalue weighted by Crippen LogP contribution is 2.09.